The maximum Gasteiger partial charge on any atom is 0.220 e. The third kappa shape index (κ3) is 25.5. The van der Waals surface area contributed by atoms with E-state index in [0.717, 1.165) is 83.5 Å². The minimum atomic E-state index is -1.98. The van der Waals surface area contributed by atoms with Crippen LogP contribution in [0.1, 0.15) is 142 Å². The lowest BCUT2D eigenvalue weighted by atomic mass is 9.96. The summed E-state index contributed by atoms with van der Waals surface area (Å²) in [5.74, 6) is -0.303. The number of hydrogen-bond acceptors (Lipinski definition) is 18. The van der Waals surface area contributed by atoms with Gasteiger partial charge in [0, 0.05) is 6.42 Å². The number of aliphatic hydroxyl groups is 11. The predicted octanol–water partition coefficient (Wildman–Crippen LogP) is 4.03. The molecule has 3 aliphatic rings. The van der Waals surface area contributed by atoms with Gasteiger partial charge in [-0.25, -0.2) is 0 Å². The number of hydrogen-bond donors (Lipinski definition) is 12. The Balaban J connectivity index is 1.43. The lowest BCUT2D eigenvalue weighted by Crippen LogP contribution is -2.66. The van der Waals surface area contributed by atoms with Gasteiger partial charge in [0.25, 0.3) is 0 Å². The molecule has 17 unspecified atom stereocenters. The SMILES string of the molecule is CC/C=C\C/C=C\C/C=C\C/C=C\C/C=C\CCCCCCCCCCCC(=O)NC(COC1OC(CO)C(OC2OC(CO)C(OC3OC(CO)C(O)C(O)C3O)C(O)C2O)C(O)C1O)C(O)/C=C/CC/C=C/CCC. The zero-order valence-electron chi connectivity index (χ0n) is 45.6. The fourth-order valence-corrected chi connectivity index (χ4v) is 9.00. The fourth-order valence-electron chi connectivity index (χ4n) is 9.00. The largest absolute Gasteiger partial charge is 0.394 e. The van der Waals surface area contributed by atoms with Crippen molar-refractivity contribution in [3.05, 3.63) is 85.1 Å². The van der Waals surface area contributed by atoms with E-state index < -0.39 is 124 Å². The van der Waals surface area contributed by atoms with Crippen molar-refractivity contribution in [1.29, 1.82) is 0 Å². The van der Waals surface area contributed by atoms with Gasteiger partial charge in [-0.15, -0.1) is 0 Å². The second-order valence-corrected chi connectivity index (χ2v) is 20.0. The first-order chi connectivity index (χ1) is 37.3. The number of carbonyl (C=O) groups excluding carboxylic acids is 1. The summed E-state index contributed by atoms with van der Waals surface area (Å²) < 4.78 is 34.1. The van der Waals surface area contributed by atoms with E-state index >= 15 is 0 Å². The number of carbonyl (C=O) groups is 1. The zero-order chi connectivity index (χ0) is 56.2. The van der Waals surface area contributed by atoms with Crippen molar-refractivity contribution in [2.75, 3.05) is 26.4 Å². The van der Waals surface area contributed by atoms with Gasteiger partial charge in [0.1, 0.15) is 73.2 Å². The molecule has 3 saturated heterocycles. The standard InChI is InChI=1S/C58H97NO18/c1-3-5-7-9-11-12-13-14-15-16-17-18-19-20-21-22-23-24-25-26-27-28-30-32-34-36-46(64)59-41(42(63)35-33-31-29-10-8-6-4-2)40-72-56-52(70)49(67)54(44(38-61)74-56)77-58-53(71)50(68)55(45(39-62)75-58)76-57-51(69)48(66)47(65)43(37-60)73-57/h5,7-8,10-12,14-15,17-18,20-21,33,35,41-45,47-58,60-63,65-71H,3-4,6,9,13,16,19,22-32,34,36-40H2,1-2H3,(H,59,64)/b7-5-,10-8+,12-11-,15-14-,18-17-,21-20-,35-33+. The molecule has 3 heterocycles. The number of rotatable bonds is 39. The highest BCUT2D eigenvalue weighted by molar-refractivity contribution is 5.76. The van der Waals surface area contributed by atoms with Crippen LogP contribution in [0.2, 0.25) is 0 Å². The van der Waals surface area contributed by atoms with Crippen molar-refractivity contribution in [3.63, 3.8) is 0 Å². The van der Waals surface area contributed by atoms with Crippen molar-refractivity contribution in [2.45, 2.75) is 247 Å². The minimum absolute atomic E-state index is 0.222. The summed E-state index contributed by atoms with van der Waals surface area (Å²) in [6.07, 6.45) is 21.9. The zero-order valence-corrected chi connectivity index (χ0v) is 45.6. The van der Waals surface area contributed by atoms with Gasteiger partial charge in [-0.05, 0) is 70.6 Å². The molecule has 0 aromatic rings. The third-order valence-electron chi connectivity index (χ3n) is 13.7. The van der Waals surface area contributed by atoms with E-state index in [1.807, 2.05) is 0 Å². The van der Waals surface area contributed by atoms with E-state index in [9.17, 15) is 61.0 Å². The molecule has 0 saturated carbocycles. The Morgan fingerprint density at radius 2 is 0.909 bits per heavy atom. The fraction of sp³-hybridized carbons (Fsp3) is 0.741. The first kappa shape index (κ1) is 68.2. The maximum absolute atomic E-state index is 13.2. The van der Waals surface area contributed by atoms with Gasteiger partial charge in [-0.1, -0.05) is 150 Å². The van der Waals surface area contributed by atoms with Crippen molar-refractivity contribution < 1.29 is 89.4 Å². The van der Waals surface area contributed by atoms with Crippen LogP contribution >= 0.6 is 0 Å². The van der Waals surface area contributed by atoms with E-state index in [4.69, 9.17) is 28.4 Å². The highest BCUT2D eigenvalue weighted by Gasteiger charge is 2.53. The van der Waals surface area contributed by atoms with Gasteiger partial charge < -0.3 is 89.9 Å². The number of aliphatic hydroxyl groups excluding tert-OH is 11. The second kappa shape index (κ2) is 41.0. The first-order valence-electron chi connectivity index (χ1n) is 28.3. The van der Waals surface area contributed by atoms with Gasteiger partial charge in [0.15, 0.2) is 18.9 Å². The first-order valence-corrected chi connectivity index (χ1v) is 28.3. The molecule has 12 N–H and O–H groups in total. The quantitative estimate of drug-likeness (QED) is 0.0305. The third-order valence-corrected chi connectivity index (χ3v) is 13.7. The Morgan fingerprint density at radius 3 is 1.44 bits per heavy atom. The smallest absolute Gasteiger partial charge is 0.220 e. The molecular weight excluding hydrogens is 999 g/mol. The average Bonchev–Trinajstić information content (AvgIpc) is 3.43. The molecule has 0 aromatic heterocycles. The normalized spacial score (nSPS) is 31.4. The molecule has 442 valence electrons. The molecule has 0 aliphatic carbocycles. The summed E-state index contributed by atoms with van der Waals surface area (Å²) in [4.78, 5) is 13.2. The van der Waals surface area contributed by atoms with Crippen LogP contribution in [0.3, 0.4) is 0 Å². The molecule has 3 rings (SSSR count). The molecular formula is C58H97NO18. The van der Waals surface area contributed by atoms with E-state index in [1.165, 1.54) is 25.7 Å². The highest BCUT2D eigenvalue weighted by atomic mass is 16.8. The molecule has 3 fully saturated rings. The average molecular weight is 1100 g/mol. The van der Waals surface area contributed by atoms with Gasteiger partial charge >= 0.3 is 0 Å². The number of ether oxygens (including phenoxy) is 6. The second-order valence-electron chi connectivity index (χ2n) is 20.0. The molecule has 0 aromatic carbocycles. The van der Waals surface area contributed by atoms with E-state index in [1.54, 1.807) is 12.2 Å². The Hall–Kier alpha value is -3.03. The molecule has 19 nitrogen and oxygen atoms in total. The number of unbranched alkanes of at least 4 members (excludes halogenated alkanes) is 11. The number of allylic oxidation sites excluding steroid dienone is 13. The topological polar surface area (TPSA) is 307 Å². The summed E-state index contributed by atoms with van der Waals surface area (Å²) in [5, 5.41) is 119. The summed E-state index contributed by atoms with van der Waals surface area (Å²) in [5.41, 5.74) is 0. The maximum atomic E-state index is 13.2. The summed E-state index contributed by atoms with van der Waals surface area (Å²) >= 11 is 0. The minimum Gasteiger partial charge on any atom is -0.394 e. The van der Waals surface area contributed by atoms with Gasteiger partial charge in [0.05, 0.1) is 38.6 Å². The molecule has 0 radical (unpaired) electrons. The van der Waals surface area contributed by atoms with E-state index in [0.29, 0.717) is 12.8 Å². The Kier molecular flexibility index (Phi) is 36.4. The van der Waals surface area contributed by atoms with E-state index in [2.05, 4.69) is 92.1 Å². The van der Waals surface area contributed by atoms with Crippen LogP contribution in [0.15, 0.2) is 85.1 Å². The van der Waals surface area contributed by atoms with Crippen LogP contribution in [-0.2, 0) is 33.2 Å². The molecule has 1 amide bonds. The van der Waals surface area contributed by atoms with Crippen LogP contribution in [0.4, 0.5) is 0 Å². The summed E-state index contributed by atoms with van der Waals surface area (Å²) in [6, 6.07) is -0.995. The van der Waals surface area contributed by atoms with Gasteiger partial charge in [-0.3, -0.25) is 4.79 Å². The van der Waals surface area contributed by atoms with Crippen LogP contribution < -0.4 is 5.32 Å². The summed E-state index contributed by atoms with van der Waals surface area (Å²) in [7, 11) is 0. The molecule has 19 heteroatoms. The van der Waals surface area contributed by atoms with Crippen molar-refractivity contribution in [3.8, 4) is 0 Å². The highest BCUT2D eigenvalue weighted by Crippen LogP contribution is 2.33. The van der Waals surface area contributed by atoms with Gasteiger partial charge in [0.2, 0.25) is 5.91 Å². The monoisotopic (exact) mass is 1100 g/mol. The van der Waals surface area contributed by atoms with Crippen LogP contribution in [0.25, 0.3) is 0 Å². The van der Waals surface area contributed by atoms with Crippen LogP contribution in [0, 0.1) is 0 Å². The predicted molar refractivity (Wildman–Crippen MR) is 291 cm³/mol. The molecule has 77 heavy (non-hydrogen) atoms. The Labute approximate surface area is 457 Å². The van der Waals surface area contributed by atoms with Crippen molar-refractivity contribution in [2.24, 2.45) is 0 Å². The van der Waals surface area contributed by atoms with Crippen molar-refractivity contribution >= 4 is 5.91 Å². The molecule has 3 aliphatic heterocycles. The lowest BCUT2D eigenvalue weighted by molar-refractivity contribution is -0.379. The molecule has 17 atom stereocenters. The lowest BCUT2D eigenvalue weighted by Gasteiger charge is -2.48. The Bertz CT molecular complexity index is 1740. The number of amides is 1. The van der Waals surface area contributed by atoms with Gasteiger partial charge in [-0.2, -0.15) is 0 Å². The number of nitrogens with one attached hydrogen (secondary N) is 1. The summed E-state index contributed by atoms with van der Waals surface area (Å²) in [6.45, 7) is 1.42. The van der Waals surface area contributed by atoms with Crippen LogP contribution in [-0.4, -0.2) is 193 Å². The van der Waals surface area contributed by atoms with Crippen LogP contribution in [0.5, 0.6) is 0 Å². The van der Waals surface area contributed by atoms with Crippen molar-refractivity contribution in [1.82, 2.24) is 5.32 Å². The molecule has 0 spiro atoms. The molecule has 0 bridgehead atoms. The van der Waals surface area contributed by atoms with E-state index in [-0.39, 0.29) is 18.9 Å². The Morgan fingerprint density at radius 1 is 0.481 bits per heavy atom.